The average Bonchev–Trinajstić information content (AvgIpc) is 3.61. The van der Waals surface area contributed by atoms with Crippen molar-refractivity contribution >= 4 is 18.8 Å². The van der Waals surface area contributed by atoms with E-state index in [0.29, 0.717) is 31.1 Å². The van der Waals surface area contributed by atoms with Gasteiger partial charge < -0.3 is 45.8 Å². The number of aldehydes is 1. The zero-order chi connectivity index (χ0) is 49.2. The van der Waals surface area contributed by atoms with Gasteiger partial charge in [0.1, 0.15) is 24.2 Å². The fourth-order valence-corrected chi connectivity index (χ4v) is 7.92. The molecule has 12 nitrogen and oxygen atoms in total. The first-order chi connectivity index (χ1) is 30.4. The van der Waals surface area contributed by atoms with Gasteiger partial charge in [-0.25, -0.2) is 4.79 Å². The maximum Gasteiger partial charge on any atom is 0.408 e. The van der Waals surface area contributed by atoms with Crippen LogP contribution >= 0.6 is 0 Å². The zero-order valence-electron chi connectivity index (χ0n) is 43.7. The molecular weight excluding hydrogens is 807 g/mol. The van der Waals surface area contributed by atoms with Crippen LogP contribution in [0.3, 0.4) is 0 Å². The van der Waals surface area contributed by atoms with E-state index in [2.05, 4.69) is 93.7 Å². The van der Waals surface area contributed by atoms with Gasteiger partial charge in [-0.1, -0.05) is 99.6 Å². The number of amides is 2. The average molecular weight is 910 g/mol. The van der Waals surface area contributed by atoms with Gasteiger partial charge in [0.2, 0.25) is 6.41 Å². The van der Waals surface area contributed by atoms with Crippen LogP contribution in [-0.4, -0.2) is 111 Å². The second-order valence-corrected chi connectivity index (χ2v) is 19.0. The minimum absolute atomic E-state index is 0.00505. The summed E-state index contributed by atoms with van der Waals surface area (Å²) in [5.41, 5.74) is 11.2. The molecule has 1 aromatic carbocycles. The number of nitrogens with two attached hydrogens (primary N) is 2. The summed E-state index contributed by atoms with van der Waals surface area (Å²) in [6.07, 6.45) is 20.7. The number of aliphatic hydroxyl groups excluding tert-OH is 1. The number of aliphatic hydroxyl groups is 1. The van der Waals surface area contributed by atoms with Crippen LogP contribution in [0.5, 0.6) is 5.75 Å². The number of rotatable bonds is 23. The Morgan fingerprint density at radius 3 is 2.05 bits per heavy atom. The Labute approximate surface area is 394 Å². The van der Waals surface area contributed by atoms with Gasteiger partial charge in [0, 0.05) is 13.2 Å². The van der Waals surface area contributed by atoms with Crippen molar-refractivity contribution < 1.29 is 33.7 Å². The maximum atomic E-state index is 10.7. The monoisotopic (exact) mass is 910 g/mol. The van der Waals surface area contributed by atoms with E-state index in [1.807, 2.05) is 20.8 Å². The number of nitrogens with zero attached hydrogens (tertiary/aromatic N) is 2. The fraction of sp³-hybridized carbons (Fsp3) is 0.827. The fourth-order valence-electron chi connectivity index (χ4n) is 7.92. The van der Waals surface area contributed by atoms with Crippen LogP contribution in [0.4, 0.5) is 4.79 Å². The number of carbonyl (C=O) groups is 3. The number of nitrogens with one attached hydrogen (secondary N) is 1. The Balaban J connectivity index is -0.000000866. The minimum atomic E-state index is -0.565. The Morgan fingerprint density at radius 1 is 0.953 bits per heavy atom. The minimum Gasteiger partial charge on any atom is -0.491 e. The highest BCUT2D eigenvalue weighted by Crippen LogP contribution is 2.43. The molecule has 378 valence electrons. The standard InChI is InChI=1S/C25H45NO3.C12H24.C7H13NO3.C5H12N2.C2H6.CH3NO/c1-4-6-7-9-17-26(18-10-8-11-23(3)27)19-16-24-12-14-25(15-13-24)29-22-21-28-20-5-2;1-5-6-11-7-10(2)8-12(3,4)9-11;1-7(2,3)11-6(10)8-4-5-9;1-7-4-2-3-5(7)6;1-2;2-1-3/h12-15,23,27H,4-11,16-22H2,1-3H3;10-11H,5-9H2,1-4H3;5H,4H2,1-3H3,(H,8,10);5H,2-4,6H2,1H3;1-2H3;1H,(H2,2,3)/t;;;5-;;/m...0../s1. The molecule has 12 heteroatoms. The summed E-state index contributed by atoms with van der Waals surface area (Å²) in [4.78, 5) is 33.9. The Hall–Kier alpha value is -2.77. The van der Waals surface area contributed by atoms with E-state index in [-0.39, 0.29) is 19.1 Å². The molecule has 0 spiro atoms. The molecule has 2 aliphatic rings. The SMILES string of the molecule is CC.CC(C)(C)OC(=O)NCC=O.CCCC1CC(C)CC(C)(C)C1.CCCCCCN(CCCCC(C)O)CCc1ccc(OCCOCCC)cc1.CN1CCC[C@H]1N.NC=O. The molecule has 0 aromatic heterocycles. The predicted octanol–water partition coefficient (Wildman–Crippen LogP) is 10.6. The normalized spacial score (nSPS) is 18.0. The zero-order valence-corrected chi connectivity index (χ0v) is 43.7. The van der Waals surface area contributed by atoms with E-state index in [1.54, 1.807) is 20.8 Å². The molecule has 2 amide bonds. The number of likely N-dealkylation sites (tertiary alicyclic amines) is 1. The Morgan fingerprint density at radius 2 is 1.58 bits per heavy atom. The molecule has 3 unspecified atom stereocenters. The molecule has 64 heavy (non-hydrogen) atoms. The lowest BCUT2D eigenvalue weighted by molar-refractivity contribution is -0.107. The first-order valence-electron chi connectivity index (χ1n) is 25.1. The summed E-state index contributed by atoms with van der Waals surface area (Å²) >= 11 is 0. The van der Waals surface area contributed by atoms with Crippen molar-refractivity contribution in [3.63, 3.8) is 0 Å². The molecule has 0 bridgehead atoms. The third-order valence-electron chi connectivity index (χ3n) is 10.6. The second-order valence-electron chi connectivity index (χ2n) is 19.0. The van der Waals surface area contributed by atoms with Crippen molar-refractivity contribution in [1.29, 1.82) is 0 Å². The van der Waals surface area contributed by atoms with Crippen LogP contribution in [-0.2, 0) is 25.5 Å². The molecule has 4 atom stereocenters. The number of carbonyl (C=O) groups excluding carboxylic acids is 3. The van der Waals surface area contributed by atoms with Gasteiger partial charge in [0.05, 0.1) is 25.4 Å². The van der Waals surface area contributed by atoms with E-state index in [1.165, 1.54) is 95.7 Å². The van der Waals surface area contributed by atoms with E-state index < -0.39 is 11.7 Å². The molecule has 2 fully saturated rings. The molecule has 0 radical (unpaired) electrons. The number of ether oxygens (including phenoxy) is 3. The lowest BCUT2D eigenvalue weighted by Crippen LogP contribution is -2.33. The summed E-state index contributed by atoms with van der Waals surface area (Å²) in [6.45, 7) is 31.8. The van der Waals surface area contributed by atoms with E-state index >= 15 is 0 Å². The van der Waals surface area contributed by atoms with Gasteiger partial charge in [-0.2, -0.15) is 0 Å². The number of alkyl carbamates (subject to hydrolysis) is 1. The van der Waals surface area contributed by atoms with Crippen LogP contribution in [0.1, 0.15) is 185 Å². The van der Waals surface area contributed by atoms with Crippen molar-refractivity contribution in [1.82, 2.24) is 15.1 Å². The van der Waals surface area contributed by atoms with E-state index in [0.717, 1.165) is 63.0 Å². The van der Waals surface area contributed by atoms with Gasteiger partial charge in [-0.3, -0.25) is 9.69 Å². The van der Waals surface area contributed by atoms with Crippen molar-refractivity contribution in [3.05, 3.63) is 29.8 Å². The molecule has 3 rings (SSSR count). The van der Waals surface area contributed by atoms with Gasteiger partial charge in [0.15, 0.2) is 0 Å². The van der Waals surface area contributed by atoms with Crippen LogP contribution in [0.15, 0.2) is 24.3 Å². The Kier molecular flexibility index (Phi) is 43.8. The third-order valence-corrected chi connectivity index (χ3v) is 10.6. The van der Waals surface area contributed by atoms with Gasteiger partial charge >= 0.3 is 6.09 Å². The van der Waals surface area contributed by atoms with Gasteiger partial charge in [0.25, 0.3) is 0 Å². The highest BCUT2D eigenvalue weighted by Gasteiger charge is 2.31. The summed E-state index contributed by atoms with van der Waals surface area (Å²) < 4.78 is 16.0. The molecule has 1 aliphatic heterocycles. The highest BCUT2D eigenvalue weighted by atomic mass is 16.6. The van der Waals surface area contributed by atoms with Crippen molar-refractivity contribution in [2.45, 2.75) is 204 Å². The molecule has 1 heterocycles. The molecule has 1 aliphatic carbocycles. The first-order valence-corrected chi connectivity index (χ1v) is 25.1. The van der Waals surface area contributed by atoms with Crippen LogP contribution < -0.4 is 21.5 Å². The molecule has 1 saturated carbocycles. The van der Waals surface area contributed by atoms with Crippen LogP contribution in [0.2, 0.25) is 0 Å². The predicted molar refractivity (Wildman–Crippen MR) is 270 cm³/mol. The lowest BCUT2D eigenvalue weighted by Gasteiger charge is -2.39. The number of primary amides is 1. The Bertz CT molecular complexity index is 1190. The van der Waals surface area contributed by atoms with E-state index in [9.17, 15) is 14.7 Å². The van der Waals surface area contributed by atoms with E-state index in [4.69, 9.17) is 24.7 Å². The van der Waals surface area contributed by atoms with Crippen molar-refractivity contribution in [2.24, 2.45) is 28.7 Å². The second kappa shape index (κ2) is 42.8. The lowest BCUT2D eigenvalue weighted by atomic mass is 9.67. The highest BCUT2D eigenvalue weighted by molar-refractivity contribution is 5.71. The first kappa shape index (κ1) is 65.5. The maximum absolute atomic E-state index is 10.7. The number of benzene rings is 1. The smallest absolute Gasteiger partial charge is 0.408 e. The van der Waals surface area contributed by atoms with Gasteiger partial charge in [-0.15, -0.1) is 0 Å². The summed E-state index contributed by atoms with van der Waals surface area (Å²) in [7, 11) is 2.07. The number of hydrogen-bond donors (Lipinski definition) is 4. The molecule has 1 saturated heterocycles. The summed E-state index contributed by atoms with van der Waals surface area (Å²) in [5, 5.41) is 11.7. The number of unbranched alkanes of at least 4 members (excludes halogenated alkanes) is 4. The molecule has 1 aromatic rings. The third kappa shape index (κ3) is 43.1. The summed E-state index contributed by atoms with van der Waals surface area (Å²) in [6, 6.07) is 8.52. The topological polar surface area (TPSA) is 170 Å². The van der Waals surface area contributed by atoms with Crippen molar-refractivity contribution in [2.75, 3.05) is 59.6 Å². The van der Waals surface area contributed by atoms with Crippen molar-refractivity contribution in [3.8, 4) is 5.75 Å². The molecular formula is C52H103N5O7. The summed E-state index contributed by atoms with van der Waals surface area (Å²) in [5.74, 6) is 2.91. The number of hydrogen-bond acceptors (Lipinski definition) is 10. The molecule has 6 N–H and O–H groups in total. The van der Waals surface area contributed by atoms with Crippen LogP contribution in [0.25, 0.3) is 0 Å². The largest absolute Gasteiger partial charge is 0.491 e. The van der Waals surface area contributed by atoms with Crippen LogP contribution in [0, 0.1) is 17.3 Å². The quantitative estimate of drug-likeness (QED) is 0.0612. The van der Waals surface area contributed by atoms with Gasteiger partial charge in [-0.05, 0) is 160 Å².